The first kappa shape index (κ1) is 15.5. The van der Waals surface area contributed by atoms with Gasteiger partial charge in [0.05, 0.1) is 11.7 Å². The van der Waals surface area contributed by atoms with Gasteiger partial charge in [0.15, 0.2) is 0 Å². The molecule has 1 aromatic carbocycles. The Morgan fingerprint density at radius 3 is 2.85 bits per heavy atom. The number of thiophene rings is 1. The fraction of sp³-hybridized carbons (Fsp3) is 0.211. The molecule has 6 nitrogen and oxygen atoms in total. The quantitative estimate of drug-likeness (QED) is 0.606. The lowest BCUT2D eigenvalue weighted by atomic mass is 10.0. The summed E-state index contributed by atoms with van der Waals surface area (Å²) in [7, 11) is 0. The molecule has 0 atom stereocenters. The van der Waals surface area contributed by atoms with Crippen LogP contribution < -0.4 is 5.73 Å². The topological polar surface area (TPSA) is 72.9 Å². The molecule has 0 unspecified atom stereocenters. The molecule has 4 aromatic rings. The van der Waals surface area contributed by atoms with Crippen LogP contribution in [0.2, 0.25) is 0 Å². The molecule has 26 heavy (non-hydrogen) atoms. The smallest absolute Gasteiger partial charge is 0.135 e. The third-order valence-electron chi connectivity index (χ3n) is 4.89. The molecule has 5 rings (SSSR count). The normalized spacial score (nSPS) is 14.6. The number of nitrogens with zero attached hydrogens (tertiary/aromatic N) is 5. The molecule has 0 fully saturated rings. The van der Waals surface area contributed by atoms with Crippen LogP contribution in [-0.4, -0.2) is 31.0 Å². The highest BCUT2D eigenvalue weighted by Crippen LogP contribution is 2.36. The Morgan fingerprint density at radius 1 is 1.15 bits per heavy atom. The van der Waals surface area contributed by atoms with Gasteiger partial charge in [0.1, 0.15) is 17.0 Å². The van der Waals surface area contributed by atoms with E-state index in [1.807, 2.05) is 17.1 Å². The van der Waals surface area contributed by atoms with E-state index < -0.39 is 0 Å². The average Bonchev–Trinajstić information content (AvgIpc) is 3.30. The first-order valence-corrected chi connectivity index (χ1v) is 9.40. The molecule has 3 aromatic heterocycles. The second kappa shape index (κ2) is 6.19. The number of rotatable bonds is 3. The maximum absolute atomic E-state index is 6.07. The predicted octanol–water partition coefficient (Wildman–Crippen LogP) is 3.02. The van der Waals surface area contributed by atoms with Crippen LogP contribution in [0, 0.1) is 0 Å². The number of aromatic nitrogens is 4. The molecule has 0 spiro atoms. The zero-order chi connectivity index (χ0) is 17.5. The van der Waals surface area contributed by atoms with Crippen LogP contribution in [0.15, 0.2) is 49.3 Å². The first-order valence-electron chi connectivity index (χ1n) is 8.58. The number of anilines is 1. The molecule has 2 N–H and O–H groups in total. The van der Waals surface area contributed by atoms with Crippen molar-refractivity contribution in [1.82, 2.24) is 24.4 Å². The van der Waals surface area contributed by atoms with Crippen molar-refractivity contribution in [2.24, 2.45) is 0 Å². The molecule has 0 bridgehead atoms. The van der Waals surface area contributed by atoms with Crippen LogP contribution in [-0.2, 0) is 19.5 Å². The van der Waals surface area contributed by atoms with Crippen molar-refractivity contribution in [2.75, 3.05) is 12.3 Å². The Bertz CT molecular complexity index is 1050. The van der Waals surface area contributed by atoms with Crippen molar-refractivity contribution in [3.05, 3.63) is 65.3 Å². The van der Waals surface area contributed by atoms with Gasteiger partial charge in [-0.2, -0.15) is 0 Å². The molecule has 130 valence electrons. The average molecular weight is 362 g/mol. The van der Waals surface area contributed by atoms with Crippen molar-refractivity contribution in [1.29, 1.82) is 0 Å². The molecule has 0 aliphatic carbocycles. The standard InChI is InChI=1S/C19H18N6S/c20-18-17-15-5-7-24(10-16(15)26-19(17)23-11-22-18)9-13-1-3-14(4-2-13)25-8-6-21-12-25/h1-4,6,8,11-12H,5,7,9-10H2,(H2,20,22,23). The fourth-order valence-electron chi connectivity index (χ4n) is 3.58. The third kappa shape index (κ3) is 2.65. The monoisotopic (exact) mass is 362 g/mol. The Hall–Kier alpha value is -2.77. The molecule has 1 aliphatic rings. The van der Waals surface area contributed by atoms with E-state index in [9.17, 15) is 0 Å². The largest absolute Gasteiger partial charge is 0.383 e. The van der Waals surface area contributed by atoms with Gasteiger partial charge in [-0.15, -0.1) is 11.3 Å². The van der Waals surface area contributed by atoms with Crippen molar-refractivity contribution >= 4 is 27.4 Å². The van der Waals surface area contributed by atoms with E-state index in [1.54, 1.807) is 23.9 Å². The van der Waals surface area contributed by atoms with Gasteiger partial charge in [0.2, 0.25) is 0 Å². The van der Waals surface area contributed by atoms with Crippen LogP contribution in [0.25, 0.3) is 15.9 Å². The van der Waals surface area contributed by atoms with Crippen LogP contribution in [0.4, 0.5) is 5.82 Å². The van der Waals surface area contributed by atoms with Crippen molar-refractivity contribution < 1.29 is 0 Å². The SMILES string of the molecule is Nc1ncnc2sc3c(c12)CCN(Cc1ccc(-n2ccnc2)cc1)C3. The number of benzene rings is 1. The highest BCUT2D eigenvalue weighted by atomic mass is 32.1. The van der Waals surface area contributed by atoms with E-state index in [0.717, 1.165) is 42.0 Å². The molecule has 1 aliphatic heterocycles. The van der Waals surface area contributed by atoms with Gasteiger partial charge in [-0.1, -0.05) is 12.1 Å². The van der Waals surface area contributed by atoms with Gasteiger partial charge in [0.25, 0.3) is 0 Å². The Morgan fingerprint density at radius 2 is 2.04 bits per heavy atom. The summed E-state index contributed by atoms with van der Waals surface area (Å²) in [6.45, 7) is 2.91. The highest BCUT2D eigenvalue weighted by molar-refractivity contribution is 7.18. The second-order valence-electron chi connectivity index (χ2n) is 6.54. The molecule has 7 heteroatoms. The van der Waals surface area contributed by atoms with E-state index in [4.69, 9.17) is 5.73 Å². The van der Waals surface area contributed by atoms with Crippen molar-refractivity contribution in [2.45, 2.75) is 19.5 Å². The summed E-state index contributed by atoms with van der Waals surface area (Å²) in [5.41, 5.74) is 9.86. The van der Waals surface area contributed by atoms with E-state index in [2.05, 4.69) is 44.1 Å². The summed E-state index contributed by atoms with van der Waals surface area (Å²) in [5, 5.41) is 1.07. The third-order valence-corrected chi connectivity index (χ3v) is 6.02. The summed E-state index contributed by atoms with van der Waals surface area (Å²) in [5.74, 6) is 0.607. The van der Waals surface area contributed by atoms with E-state index in [1.165, 1.54) is 16.0 Å². The minimum atomic E-state index is 0.607. The first-order chi connectivity index (χ1) is 12.8. The summed E-state index contributed by atoms with van der Waals surface area (Å²) in [6, 6.07) is 8.67. The molecule has 0 radical (unpaired) electrons. The number of nitrogens with two attached hydrogens (primary N) is 1. The van der Waals surface area contributed by atoms with Crippen LogP contribution in [0.5, 0.6) is 0 Å². The minimum absolute atomic E-state index is 0.607. The maximum atomic E-state index is 6.07. The number of fused-ring (bicyclic) bond motifs is 3. The predicted molar refractivity (Wildman–Crippen MR) is 103 cm³/mol. The van der Waals surface area contributed by atoms with Gasteiger partial charge >= 0.3 is 0 Å². The van der Waals surface area contributed by atoms with E-state index in [-0.39, 0.29) is 0 Å². The molecular formula is C19H18N6S. The fourth-order valence-corrected chi connectivity index (χ4v) is 4.82. The minimum Gasteiger partial charge on any atom is -0.383 e. The van der Waals surface area contributed by atoms with Crippen LogP contribution in [0.3, 0.4) is 0 Å². The zero-order valence-corrected chi connectivity index (χ0v) is 15.0. The Labute approximate surface area is 154 Å². The zero-order valence-electron chi connectivity index (χ0n) is 14.2. The molecule has 4 heterocycles. The summed E-state index contributed by atoms with van der Waals surface area (Å²) < 4.78 is 2.01. The van der Waals surface area contributed by atoms with E-state index >= 15 is 0 Å². The summed E-state index contributed by atoms with van der Waals surface area (Å²) in [6.07, 6.45) is 8.12. The Kier molecular flexibility index (Phi) is 3.69. The summed E-state index contributed by atoms with van der Waals surface area (Å²) >= 11 is 1.75. The van der Waals surface area contributed by atoms with Crippen LogP contribution in [0.1, 0.15) is 16.0 Å². The van der Waals surface area contributed by atoms with Gasteiger partial charge < -0.3 is 10.3 Å². The van der Waals surface area contributed by atoms with Gasteiger partial charge in [-0.25, -0.2) is 15.0 Å². The lowest BCUT2D eigenvalue weighted by Crippen LogP contribution is -2.29. The molecule has 0 amide bonds. The lowest BCUT2D eigenvalue weighted by molar-refractivity contribution is 0.249. The summed E-state index contributed by atoms with van der Waals surface area (Å²) in [4.78, 5) is 17.5. The number of hydrogen-bond acceptors (Lipinski definition) is 6. The van der Waals surface area contributed by atoms with E-state index in [0.29, 0.717) is 5.82 Å². The molecule has 0 saturated carbocycles. The van der Waals surface area contributed by atoms with Gasteiger partial charge in [-0.05, 0) is 29.7 Å². The van der Waals surface area contributed by atoms with Crippen molar-refractivity contribution in [3.63, 3.8) is 0 Å². The highest BCUT2D eigenvalue weighted by Gasteiger charge is 2.23. The number of hydrogen-bond donors (Lipinski definition) is 1. The maximum Gasteiger partial charge on any atom is 0.135 e. The van der Waals surface area contributed by atoms with Crippen LogP contribution >= 0.6 is 11.3 Å². The van der Waals surface area contributed by atoms with Gasteiger partial charge in [0, 0.05) is 42.6 Å². The number of imidazole rings is 1. The lowest BCUT2D eigenvalue weighted by Gasteiger charge is -2.27. The molecule has 0 saturated heterocycles. The molecular weight excluding hydrogens is 344 g/mol. The second-order valence-corrected chi connectivity index (χ2v) is 7.62. The van der Waals surface area contributed by atoms with Crippen molar-refractivity contribution in [3.8, 4) is 5.69 Å². The Balaban J connectivity index is 1.35. The van der Waals surface area contributed by atoms with Gasteiger partial charge in [-0.3, -0.25) is 4.90 Å². The number of nitrogen functional groups attached to an aromatic ring is 1.